The van der Waals surface area contributed by atoms with Crippen LogP contribution in [-0.4, -0.2) is 5.91 Å². The van der Waals surface area contributed by atoms with Gasteiger partial charge in [0.05, 0.1) is 12.1 Å². The van der Waals surface area contributed by atoms with Crippen LogP contribution in [0.15, 0.2) is 24.3 Å². The van der Waals surface area contributed by atoms with Crippen molar-refractivity contribution in [2.24, 2.45) is 5.41 Å². The topological polar surface area (TPSA) is 76.7 Å². The highest BCUT2D eigenvalue weighted by molar-refractivity contribution is 5.89. The van der Waals surface area contributed by atoms with Crippen molar-refractivity contribution in [1.82, 2.24) is 5.32 Å². The molecule has 1 fully saturated rings. The van der Waals surface area contributed by atoms with E-state index in [-0.39, 0.29) is 5.91 Å². The quantitative estimate of drug-likeness (QED) is 0.896. The second kappa shape index (κ2) is 4.40. The maximum absolute atomic E-state index is 12.1. The molecule has 1 aromatic rings. The summed E-state index contributed by atoms with van der Waals surface area (Å²) in [6, 6.07) is 11.6. The first kappa shape index (κ1) is 13.1. The van der Waals surface area contributed by atoms with Crippen LogP contribution in [-0.2, 0) is 10.3 Å². The second-order valence-corrected chi connectivity index (χ2v) is 5.25. The van der Waals surface area contributed by atoms with Gasteiger partial charge in [0.25, 0.3) is 0 Å². The molecule has 0 bridgehead atoms. The van der Waals surface area contributed by atoms with Crippen molar-refractivity contribution in [2.75, 3.05) is 0 Å². The molecule has 1 unspecified atom stereocenters. The van der Waals surface area contributed by atoms with Crippen LogP contribution in [0.5, 0.6) is 0 Å². The molecule has 4 heteroatoms. The predicted molar refractivity (Wildman–Crippen MR) is 69.6 cm³/mol. The fourth-order valence-electron chi connectivity index (χ4n) is 1.91. The number of carbonyl (C=O) groups excluding carboxylic acids is 1. The minimum absolute atomic E-state index is 0.348. The monoisotopic (exact) mass is 253 g/mol. The van der Waals surface area contributed by atoms with Gasteiger partial charge in [-0.2, -0.15) is 10.5 Å². The lowest BCUT2D eigenvalue weighted by molar-refractivity contribution is -0.125. The largest absolute Gasteiger partial charge is 0.333 e. The van der Waals surface area contributed by atoms with E-state index < -0.39 is 11.0 Å². The molecule has 2 rings (SSSR count). The molecular formula is C15H15N3O. The van der Waals surface area contributed by atoms with E-state index in [0.29, 0.717) is 12.8 Å². The third-order valence-electron chi connectivity index (χ3n) is 3.61. The zero-order valence-corrected chi connectivity index (χ0v) is 11.0. The first-order valence-corrected chi connectivity index (χ1v) is 6.18. The van der Waals surface area contributed by atoms with Crippen LogP contribution >= 0.6 is 0 Å². The van der Waals surface area contributed by atoms with Crippen molar-refractivity contribution in [3.63, 3.8) is 0 Å². The van der Waals surface area contributed by atoms with Gasteiger partial charge in [0, 0.05) is 0 Å². The molecule has 1 aliphatic carbocycles. The Labute approximate surface area is 112 Å². The van der Waals surface area contributed by atoms with E-state index in [0.717, 1.165) is 11.1 Å². The number of hydrogen-bond donors (Lipinski definition) is 1. The average molecular weight is 253 g/mol. The summed E-state index contributed by atoms with van der Waals surface area (Å²) in [4.78, 5) is 12.1. The molecule has 1 amide bonds. The number of nitriles is 2. The van der Waals surface area contributed by atoms with Crippen LogP contribution in [0.4, 0.5) is 0 Å². The highest BCUT2D eigenvalue weighted by atomic mass is 16.2. The van der Waals surface area contributed by atoms with Crippen LogP contribution < -0.4 is 5.32 Å². The number of hydrogen-bond acceptors (Lipinski definition) is 3. The van der Waals surface area contributed by atoms with E-state index in [9.17, 15) is 10.1 Å². The predicted octanol–water partition coefficient (Wildman–Crippen LogP) is 2.15. The first-order chi connectivity index (χ1) is 8.96. The second-order valence-electron chi connectivity index (χ2n) is 5.25. The van der Waals surface area contributed by atoms with Gasteiger partial charge in [0.1, 0.15) is 11.0 Å². The summed E-state index contributed by atoms with van der Waals surface area (Å²) in [5, 5.41) is 21.1. The lowest BCUT2D eigenvalue weighted by atomic mass is 9.91. The molecule has 96 valence electrons. The molecule has 0 saturated heterocycles. The number of aryl methyl sites for hydroxylation is 1. The number of benzene rings is 1. The van der Waals surface area contributed by atoms with E-state index in [2.05, 4.69) is 11.4 Å². The Morgan fingerprint density at radius 1 is 1.32 bits per heavy atom. The third kappa shape index (κ3) is 2.30. The van der Waals surface area contributed by atoms with Gasteiger partial charge in [-0.1, -0.05) is 29.8 Å². The fourth-order valence-corrected chi connectivity index (χ4v) is 1.91. The van der Waals surface area contributed by atoms with Gasteiger partial charge in [-0.25, -0.2) is 0 Å². The summed E-state index contributed by atoms with van der Waals surface area (Å²) < 4.78 is 0. The maximum atomic E-state index is 12.1. The van der Waals surface area contributed by atoms with Gasteiger partial charge < -0.3 is 5.32 Å². The van der Waals surface area contributed by atoms with Crippen molar-refractivity contribution in [3.8, 4) is 12.1 Å². The molecule has 0 aromatic heterocycles. The average Bonchev–Trinajstić information content (AvgIpc) is 3.20. The summed E-state index contributed by atoms with van der Waals surface area (Å²) in [5.41, 5.74) is -0.200. The molecule has 1 N–H and O–H groups in total. The smallest absolute Gasteiger partial charge is 0.241 e. The van der Waals surface area contributed by atoms with E-state index in [4.69, 9.17) is 5.26 Å². The number of rotatable bonds is 3. The third-order valence-corrected chi connectivity index (χ3v) is 3.61. The van der Waals surface area contributed by atoms with Crippen molar-refractivity contribution >= 4 is 5.91 Å². The summed E-state index contributed by atoms with van der Waals surface area (Å²) >= 11 is 0. The summed E-state index contributed by atoms with van der Waals surface area (Å²) in [7, 11) is 0. The summed E-state index contributed by atoms with van der Waals surface area (Å²) in [6.45, 7) is 3.62. The zero-order chi connectivity index (χ0) is 14.1. The molecule has 1 saturated carbocycles. The standard InChI is InChI=1S/C15H15N3O/c1-11-3-5-12(6-4-11)14(2,9-16)18-13(19)15(10-17)7-8-15/h3-6H,7-8H2,1-2H3,(H,18,19). The van der Waals surface area contributed by atoms with Gasteiger partial charge >= 0.3 is 0 Å². The molecule has 4 nitrogen and oxygen atoms in total. The minimum Gasteiger partial charge on any atom is -0.333 e. The van der Waals surface area contributed by atoms with Crippen LogP contribution in [0.25, 0.3) is 0 Å². The highest BCUT2D eigenvalue weighted by Gasteiger charge is 2.52. The molecular weight excluding hydrogens is 238 g/mol. The molecule has 1 aliphatic rings. The zero-order valence-electron chi connectivity index (χ0n) is 11.0. The van der Waals surface area contributed by atoms with Crippen LogP contribution in [0.3, 0.4) is 0 Å². The van der Waals surface area contributed by atoms with E-state index >= 15 is 0 Å². The Kier molecular flexibility index (Phi) is 3.04. The van der Waals surface area contributed by atoms with E-state index in [1.54, 1.807) is 6.92 Å². The summed E-state index contributed by atoms with van der Waals surface area (Å²) in [5.74, 6) is -0.348. The van der Waals surface area contributed by atoms with Gasteiger partial charge in [0.2, 0.25) is 5.91 Å². The minimum atomic E-state index is -1.10. The lowest BCUT2D eigenvalue weighted by Gasteiger charge is -2.25. The van der Waals surface area contributed by atoms with Crippen LogP contribution in [0.1, 0.15) is 30.9 Å². The number of amides is 1. The molecule has 0 spiro atoms. The molecule has 0 radical (unpaired) electrons. The Morgan fingerprint density at radius 2 is 1.89 bits per heavy atom. The van der Waals surface area contributed by atoms with Gasteiger partial charge in [-0.15, -0.1) is 0 Å². The SMILES string of the molecule is Cc1ccc(C(C)(C#N)NC(=O)C2(C#N)CC2)cc1. The number of nitrogens with zero attached hydrogens (tertiary/aromatic N) is 2. The fraction of sp³-hybridized carbons (Fsp3) is 0.400. The Balaban J connectivity index is 2.25. The number of nitrogens with one attached hydrogen (secondary N) is 1. The van der Waals surface area contributed by atoms with E-state index in [1.165, 1.54) is 0 Å². The van der Waals surface area contributed by atoms with Crippen molar-refractivity contribution in [1.29, 1.82) is 10.5 Å². The maximum Gasteiger partial charge on any atom is 0.241 e. The first-order valence-electron chi connectivity index (χ1n) is 6.18. The van der Waals surface area contributed by atoms with Gasteiger partial charge in [-0.05, 0) is 32.3 Å². The molecule has 0 heterocycles. The Morgan fingerprint density at radius 3 is 2.32 bits per heavy atom. The molecule has 1 aromatic carbocycles. The lowest BCUT2D eigenvalue weighted by Crippen LogP contribution is -2.45. The van der Waals surface area contributed by atoms with Crippen molar-refractivity contribution < 1.29 is 4.79 Å². The number of carbonyl (C=O) groups is 1. The van der Waals surface area contributed by atoms with Gasteiger partial charge in [-0.3, -0.25) is 4.79 Å². The van der Waals surface area contributed by atoms with E-state index in [1.807, 2.05) is 37.3 Å². The summed E-state index contributed by atoms with van der Waals surface area (Å²) in [6.07, 6.45) is 1.15. The highest BCUT2D eigenvalue weighted by Crippen LogP contribution is 2.45. The van der Waals surface area contributed by atoms with Crippen molar-refractivity contribution in [3.05, 3.63) is 35.4 Å². The molecule has 19 heavy (non-hydrogen) atoms. The normalized spacial score (nSPS) is 18.5. The molecule has 0 aliphatic heterocycles. The van der Waals surface area contributed by atoms with Crippen LogP contribution in [0, 0.1) is 35.0 Å². The van der Waals surface area contributed by atoms with Crippen LogP contribution in [0.2, 0.25) is 0 Å². The Bertz CT molecular complexity index is 587. The van der Waals surface area contributed by atoms with Gasteiger partial charge in [0.15, 0.2) is 0 Å². The Hall–Kier alpha value is -2.33. The molecule has 1 atom stereocenters. The van der Waals surface area contributed by atoms with Crippen molar-refractivity contribution in [2.45, 2.75) is 32.2 Å².